The van der Waals surface area contributed by atoms with Crippen molar-refractivity contribution in [1.82, 2.24) is 9.80 Å². The summed E-state index contributed by atoms with van der Waals surface area (Å²) in [5.41, 5.74) is 0.670. The average Bonchev–Trinajstić information content (AvgIpc) is 3.06. The lowest BCUT2D eigenvalue weighted by molar-refractivity contribution is -0.139. The van der Waals surface area contributed by atoms with Crippen LogP contribution in [0.4, 0.5) is 4.79 Å². The van der Waals surface area contributed by atoms with Gasteiger partial charge in [0.15, 0.2) is 0 Å². The number of hydrogen-bond donors (Lipinski definition) is 0. The summed E-state index contributed by atoms with van der Waals surface area (Å²) in [7, 11) is 3.13. The van der Waals surface area contributed by atoms with Crippen molar-refractivity contribution in [1.29, 1.82) is 0 Å². The van der Waals surface area contributed by atoms with Crippen LogP contribution < -0.4 is 9.47 Å². The van der Waals surface area contributed by atoms with Crippen LogP contribution in [0.2, 0.25) is 0 Å². The zero-order chi connectivity index (χ0) is 22.0. The number of methoxy groups -OCH3 is 2. The van der Waals surface area contributed by atoms with Crippen molar-refractivity contribution in [3.8, 4) is 11.5 Å². The van der Waals surface area contributed by atoms with Crippen LogP contribution in [-0.4, -0.2) is 73.9 Å². The van der Waals surface area contributed by atoms with E-state index in [4.69, 9.17) is 14.2 Å². The second-order valence-corrected chi connectivity index (χ2v) is 8.02. The maximum Gasteiger partial charge on any atom is 0.294 e. The van der Waals surface area contributed by atoms with Crippen molar-refractivity contribution >= 4 is 45.7 Å². The molecular weight excluding hydrogens is 420 g/mol. The molecular formula is C22H22N2O6S. The molecule has 0 spiro atoms. The number of hydrogen-bond acceptors (Lipinski definition) is 7. The lowest BCUT2D eigenvalue weighted by Gasteiger charge is -2.28. The highest BCUT2D eigenvalue weighted by atomic mass is 32.2. The first-order chi connectivity index (χ1) is 15.0. The quantitative estimate of drug-likeness (QED) is 0.658. The number of rotatable bonds is 5. The van der Waals surface area contributed by atoms with Crippen LogP contribution >= 0.6 is 11.8 Å². The van der Waals surface area contributed by atoms with Gasteiger partial charge in [-0.3, -0.25) is 19.3 Å². The summed E-state index contributed by atoms with van der Waals surface area (Å²) in [6, 6.07) is 9.35. The van der Waals surface area contributed by atoms with Crippen LogP contribution in [0.25, 0.3) is 16.8 Å². The molecule has 0 bridgehead atoms. The second-order valence-electron chi connectivity index (χ2n) is 7.03. The molecule has 2 aromatic carbocycles. The van der Waals surface area contributed by atoms with E-state index in [9.17, 15) is 14.4 Å². The molecule has 0 radical (unpaired) electrons. The van der Waals surface area contributed by atoms with Crippen molar-refractivity contribution in [2.45, 2.75) is 0 Å². The molecule has 9 heteroatoms. The van der Waals surface area contributed by atoms with Gasteiger partial charge >= 0.3 is 0 Å². The van der Waals surface area contributed by atoms with Gasteiger partial charge in [0.05, 0.1) is 32.3 Å². The number of amides is 3. The van der Waals surface area contributed by atoms with Crippen LogP contribution in [0, 0.1) is 0 Å². The Morgan fingerprint density at radius 1 is 1.13 bits per heavy atom. The van der Waals surface area contributed by atoms with E-state index in [2.05, 4.69) is 0 Å². The van der Waals surface area contributed by atoms with Gasteiger partial charge in [-0.25, -0.2) is 0 Å². The van der Waals surface area contributed by atoms with Crippen LogP contribution in [0.15, 0.2) is 35.2 Å². The van der Waals surface area contributed by atoms with Gasteiger partial charge in [0, 0.05) is 18.7 Å². The molecule has 162 valence electrons. The van der Waals surface area contributed by atoms with Crippen molar-refractivity contribution in [3.05, 3.63) is 40.8 Å². The molecule has 2 saturated heterocycles. The third-order valence-electron chi connectivity index (χ3n) is 5.26. The molecule has 2 aliphatic rings. The second kappa shape index (κ2) is 8.99. The number of carbonyl (C=O) groups is 3. The molecule has 2 fully saturated rings. The first-order valence-electron chi connectivity index (χ1n) is 9.77. The highest BCUT2D eigenvalue weighted by Gasteiger charge is 2.37. The van der Waals surface area contributed by atoms with Crippen molar-refractivity contribution in [2.75, 3.05) is 47.1 Å². The van der Waals surface area contributed by atoms with E-state index in [1.165, 1.54) is 0 Å². The fourth-order valence-corrected chi connectivity index (χ4v) is 4.39. The molecule has 0 aliphatic carbocycles. The summed E-state index contributed by atoms with van der Waals surface area (Å²) < 4.78 is 16.1. The van der Waals surface area contributed by atoms with Crippen LogP contribution in [0.1, 0.15) is 5.56 Å². The van der Waals surface area contributed by atoms with E-state index < -0.39 is 11.1 Å². The largest absolute Gasteiger partial charge is 0.497 e. The number of carbonyl (C=O) groups excluding carboxylic acids is 3. The van der Waals surface area contributed by atoms with E-state index in [1.807, 2.05) is 30.3 Å². The Morgan fingerprint density at radius 3 is 2.58 bits per heavy atom. The van der Waals surface area contributed by atoms with E-state index in [-0.39, 0.29) is 17.4 Å². The van der Waals surface area contributed by atoms with Gasteiger partial charge in [-0.1, -0.05) is 12.1 Å². The fourth-order valence-electron chi connectivity index (χ4n) is 3.57. The van der Waals surface area contributed by atoms with Crippen LogP contribution in [0.5, 0.6) is 11.5 Å². The van der Waals surface area contributed by atoms with E-state index >= 15 is 0 Å². The molecule has 31 heavy (non-hydrogen) atoms. The molecule has 2 aliphatic heterocycles. The molecule has 4 rings (SSSR count). The zero-order valence-corrected chi connectivity index (χ0v) is 18.1. The zero-order valence-electron chi connectivity index (χ0n) is 17.3. The number of imide groups is 1. The van der Waals surface area contributed by atoms with Crippen LogP contribution in [-0.2, 0) is 14.3 Å². The van der Waals surface area contributed by atoms with E-state index in [1.54, 1.807) is 25.2 Å². The summed E-state index contributed by atoms with van der Waals surface area (Å²) >= 11 is 0.819. The number of benzene rings is 2. The minimum absolute atomic E-state index is 0.244. The smallest absolute Gasteiger partial charge is 0.294 e. The summed E-state index contributed by atoms with van der Waals surface area (Å²) in [6.45, 7) is 1.55. The minimum atomic E-state index is -0.487. The topological polar surface area (TPSA) is 85.4 Å². The third-order valence-corrected chi connectivity index (χ3v) is 6.16. The van der Waals surface area contributed by atoms with Gasteiger partial charge < -0.3 is 19.1 Å². The lowest BCUT2D eigenvalue weighted by atomic mass is 10.0. The molecule has 2 heterocycles. The maximum absolute atomic E-state index is 13.0. The average molecular weight is 442 g/mol. The predicted molar refractivity (Wildman–Crippen MR) is 117 cm³/mol. The Hall–Kier alpha value is -3.04. The van der Waals surface area contributed by atoms with Crippen molar-refractivity contribution in [3.63, 3.8) is 0 Å². The predicted octanol–water partition coefficient (Wildman–Crippen LogP) is 2.75. The van der Waals surface area contributed by atoms with Gasteiger partial charge in [0.25, 0.3) is 11.1 Å². The Bertz CT molecular complexity index is 1070. The number of ether oxygens (including phenoxy) is 3. The summed E-state index contributed by atoms with van der Waals surface area (Å²) in [6.07, 6.45) is 1.64. The molecule has 0 N–H and O–H groups in total. The number of thioether (sulfide) groups is 1. The normalized spacial score (nSPS) is 18.2. The number of nitrogens with zero attached hydrogens (tertiary/aromatic N) is 2. The Labute approximate surface area is 183 Å². The number of fused-ring (bicyclic) bond motifs is 1. The standard InChI is InChI=1S/C22H22N2O6S/c1-28-15-5-3-14-4-6-18(29-2)17(16(14)11-15)12-19-21(26)24(22(27)31-19)13-20(25)23-7-9-30-10-8-23/h3-6,11-12H,7-10,13H2,1-2H3/b19-12-. The Morgan fingerprint density at radius 2 is 1.87 bits per heavy atom. The SMILES string of the molecule is COc1ccc2ccc(OC)c(/C=C3\SC(=O)N(CC(=O)N4CCOCC4)C3=O)c2c1. The first-order valence-corrected chi connectivity index (χ1v) is 10.6. The summed E-state index contributed by atoms with van der Waals surface area (Å²) in [5.74, 6) is 0.481. The monoisotopic (exact) mass is 442 g/mol. The lowest BCUT2D eigenvalue weighted by Crippen LogP contribution is -2.46. The van der Waals surface area contributed by atoms with Gasteiger partial charge in [-0.05, 0) is 46.8 Å². The van der Waals surface area contributed by atoms with E-state index in [0.29, 0.717) is 43.4 Å². The highest BCUT2D eigenvalue weighted by molar-refractivity contribution is 8.18. The third kappa shape index (κ3) is 4.24. The molecule has 0 saturated carbocycles. The minimum Gasteiger partial charge on any atom is -0.497 e. The summed E-state index contributed by atoms with van der Waals surface area (Å²) in [4.78, 5) is 40.8. The summed E-state index contributed by atoms with van der Waals surface area (Å²) in [5, 5.41) is 1.30. The highest BCUT2D eigenvalue weighted by Crippen LogP contribution is 2.37. The molecule has 8 nitrogen and oxygen atoms in total. The molecule has 0 unspecified atom stereocenters. The van der Waals surface area contributed by atoms with E-state index in [0.717, 1.165) is 27.4 Å². The van der Waals surface area contributed by atoms with Crippen molar-refractivity contribution in [2.24, 2.45) is 0 Å². The molecule has 2 aromatic rings. The first kappa shape index (κ1) is 21.2. The molecule has 3 amide bonds. The number of morpholine rings is 1. The van der Waals surface area contributed by atoms with Gasteiger partial charge in [0.1, 0.15) is 18.0 Å². The van der Waals surface area contributed by atoms with Gasteiger partial charge in [0.2, 0.25) is 5.91 Å². The van der Waals surface area contributed by atoms with Crippen molar-refractivity contribution < 1.29 is 28.6 Å². The Balaban J connectivity index is 1.64. The Kier molecular flexibility index (Phi) is 6.15. The molecule has 0 aromatic heterocycles. The molecule has 0 atom stereocenters. The van der Waals surface area contributed by atoms with Gasteiger partial charge in [-0.2, -0.15) is 0 Å². The van der Waals surface area contributed by atoms with Gasteiger partial charge in [-0.15, -0.1) is 0 Å². The van der Waals surface area contributed by atoms with Crippen LogP contribution in [0.3, 0.4) is 0 Å². The maximum atomic E-state index is 13.0. The fraction of sp³-hybridized carbons (Fsp3) is 0.318.